The van der Waals surface area contributed by atoms with Gasteiger partial charge in [-0.25, -0.2) is 0 Å². The number of aryl methyl sites for hydroxylation is 1. The first-order chi connectivity index (χ1) is 8.65. The van der Waals surface area contributed by atoms with E-state index >= 15 is 0 Å². The van der Waals surface area contributed by atoms with Gasteiger partial charge in [-0.2, -0.15) is 0 Å². The molecule has 0 aliphatic heterocycles. The Morgan fingerprint density at radius 3 is 2.89 bits per heavy atom. The van der Waals surface area contributed by atoms with Crippen molar-refractivity contribution in [2.75, 3.05) is 27.3 Å². The summed E-state index contributed by atoms with van der Waals surface area (Å²) in [5.41, 5.74) is 4.60. The lowest BCUT2D eigenvalue weighted by Gasteiger charge is -2.23. The maximum absolute atomic E-state index is 5.11. The van der Waals surface area contributed by atoms with Gasteiger partial charge in [0.1, 0.15) is 0 Å². The van der Waals surface area contributed by atoms with Gasteiger partial charge in [-0.05, 0) is 30.7 Å². The van der Waals surface area contributed by atoms with E-state index in [1.165, 1.54) is 11.1 Å². The molecule has 0 N–H and O–H groups in total. The highest BCUT2D eigenvalue weighted by atomic mass is 16.5. The molecule has 0 saturated carbocycles. The summed E-state index contributed by atoms with van der Waals surface area (Å²) in [5.74, 6) is 0. The second kappa shape index (κ2) is 5.27. The van der Waals surface area contributed by atoms with Crippen molar-refractivity contribution in [1.82, 2.24) is 9.30 Å². The van der Waals surface area contributed by atoms with Gasteiger partial charge in [0.05, 0.1) is 18.0 Å². The van der Waals surface area contributed by atoms with Crippen LogP contribution in [0.4, 0.5) is 0 Å². The number of methoxy groups -OCH3 is 1. The first-order valence-electron chi connectivity index (χ1n) is 6.11. The molecule has 0 aliphatic rings. The summed E-state index contributed by atoms with van der Waals surface area (Å²) in [4.78, 5) is 2.13. The molecule has 0 radical (unpaired) electrons. The maximum Gasteiger partial charge on any atom is 0.0713 e. The summed E-state index contributed by atoms with van der Waals surface area (Å²) in [6.45, 7) is 7.88. The van der Waals surface area contributed by atoms with E-state index in [1.807, 2.05) is 7.05 Å². The molecule has 3 heteroatoms. The molecule has 0 fully saturated rings. The Bertz CT molecular complexity index is 557. The molecule has 96 valence electrons. The SMILES string of the molecule is C=C(c1c(C)ccc2cccn12)N(C)CCOC. The molecule has 0 saturated heterocycles. The number of aromatic nitrogens is 1. The quantitative estimate of drug-likeness (QED) is 0.804. The minimum absolute atomic E-state index is 0.705. The van der Waals surface area contributed by atoms with E-state index in [0.29, 0.717) is 6.61 Å². The van der Waals surface area contributed by atoms with Gasteiger partial charge in [0.2, 0.25) is 0 Å². The summed E-state index contributed by atoms with van der Waals surface area (Å²) in [6.07, 6.45) is 2.08. The molecule has 2 aromatic heterocycles. The number of ether oxygens (including phenoxy) is 1. The van der Waals surface area contributed by atoms with Gasteiger partial charge >= 0.3 is 0 Å². The molecule has 2 heterocycles. The standard InChI is InChI=1S/C15H20N2O/c1-12-7-8-14-6-5-9-17(14)15(12)13(2)16(3)10-11-18-4/h5-9H,2,10-11H2,1,3-4H3. The molecule has 3 nitrogen and oxygen atoms in total. The Balaban J connectivity index is 2.37. The number of nitrogens with zero attached hydrogens (tertiary/aromatic N) is 2. The molecule has 0 aliphatic carbocycles. The number of rotatable bonds is 5. The molecule has 18 heavy (non-hydrogen) atoms. The Hall–Kier alpha value is -1.74. The van der Waals surface area contributed by atoms with Crippen LogP contribution in [0.1, 0.15) is 11.3 Å². The molecule has 0 bridgehead atoms. The molecule has 0 aromatic carbocycles. The lowest BCUT2D eigenvalue weighted by molar-refractivity contribution is 0.180. The number of likely N-dealkylation sites (N-methyl/N-ethyl adjacent to an activating group) is 1. The van der Waals surface area contributed by atoms with Crippen LogP contribution in [0.5, 0.6) is 0 Å². The predicted octanol–water partition coefficient (Wildman–Crippen LogP) is 2.80. The van der Waals surface area contributed by atoms with Crippen molar-refractivity contribution in [2.24, 2.45) is 0 Å². The van der Waals surface area contributed by atoms with Crippen molar-refractivity contribution in [3.63, 3.8) is 0 Å². The third-order valence-electron chi connectivity index (χ3n) is 3.26. The average Bonchev–Trinajstić information content (AvgIpc) is 2.83. The van der Waals surface area contributed by atoms with E-state index in [4.69, 9.17) is 4.74 Å². The van der Waals surface area contributed by atoms with E-state index < -0.39 is 0 Å². The second-order valence-electron chi connectivity index (χ2n) is 4.53. The van der Waals surface area contributed by atoms with Crippen LogP contribution in [0.3, 0.4) is 0 Å². The van der Waals surface area contributed by atoms with E-state index in [-0.39, 0.29) is 0 Å². The van der Waals surface area contributed by atoms with E-state index in [1.54, 1.807) is 7.11 Å². The minimum Gasteiger partial charge on any atom is -0.383 e. The van der Waals surface area contributed by atoms with Gasteiger partial charge in [0.25, 0.3) is 0 Å². The maximum atomic E-state index is 5.11. The van der Waals surface area contributed by atoms with Crippen molar-refractivity contribution >= 4 is 11.2 Å². The van der Waals surface area contributed by atoms with Crippen LogP contribution in [-0.4, -0.2) is 36.6 Å². The molecular weight excluding hydrogens is 224 g/mol. The van der Waals surface area contributed by atoms with Crippen LogP contribution < -0.4 is 0 Å². The summed E-state index contributed by atoms with van der Waals surface area (Å²) >= 11 is 0. The molecule has 0 atom stereocenters. The Morgan fingerprint density at radius 2 is 2.17 bits per heavy atom. The molecule has 2 aromatic rings. The third kappa shape index (κ3) is 2.27. The number of hydrogen-bond acceptors (Lipinski definition) is 2. The van der Waals surface area contributed by atoms with Gasteiger partial charge in [0, 0.05) is 32.4 Å². The van der Waals surface area contributed by atoms with Crippen LogP contribution in [0.15, 0.2) is 37.0 Å². The smallest absolute Gasteiger partial charge is 0.0713 e. The molecular formula is C15H20N2O. The normalized spacial score (nSPS) is 10.8. The van der Waals surface area contributed by atoms with Gasteiger partial charge in [-0.1, -0.05) is 12.6 Å². The fraction of sp³-hybridized carbons (Fsp3) is 0.333. The summed E-state index contributed by atoms with van der Waals surface area (Å²) in [6, 6.07) is 8.42. The summed E-state index contributed by atoms with van der Waals surface area (Å²) < 4.78 is 7.29. The van der Waals surface area contributed by atoms with Crippen molar-refractivity contribution < 1.29 is 4.74 Å². The van der Waals surface area contributed by atoms with E-state index in [9.17, 15) is 0 Å². The first-order valence-corrected chi connectivity index (χ1v) is 6.11. The zero-order valence-corrected chi connectivity index (χ0v) is 11.3. The Kier molecular flexibility index (Phi) is 3.72. The zero-order valence-electron chi connectivity index (χ0n) is 11.3. The molecule has 2 rings (SSSR count). The number of hydrogen-bond donors (Lipinski definition) is 0. The molecule has 0 unspecified atom stereocenters. The van der Waals surface area contributed by atoms with Crippen LogP contribution >= 0.6 is 0 Å². The van der Waals surface area contributed by atoms with Crippen molar-refractivity contribution in [1.29, 1.82) is 0 Å². The fourth-order valence-electron chi connectivity index (χ4n) is 2.12. The highest BCUT2D eigenvalue weighted by Crippen LogP contribution is 2.22. The first kappa shape index (κ1) is 12.7. The lowest BCUT2D eigenvalue weighted by atomic mass is 10.1. The minimum atomic E-state index is 0.705. The average molecular weight is 244 g/mol. The van der Waals surface area contributed by atoms with Crippen LogP contribution in [0.2, 0.25) is 0 Å². The predicted molar refractivity (Wildman–Crippen MR) is 75.7 cm³/mol. The monoisotopic (exact) mass is 244 g/mol. The largest absolute Gasteiger partial charge is 0.383 e. The molecule has 0 spiro atoms. The Morgan fingerprint density at radius 1 is 1.39 bits per heavy atom. The third-order valence-corrected chi connectivity index (χ3v) is 3.26. The highest BCUT2D eigenvalue weighted by molar-refractivity contribution is 5.66. The fourth-order valence-corrected chi connectivity index (χ4v) is 2.12. The van der Waals surface area contributed by atoms with Crippen molar-refractivity contribution in [2.45, 2.75) is 6.92 Å². The highest BCUT2D eigenvalue weighted by Gasteiger charge is 2.11. The van der Waals surface area contributed by atoms with E-state index in [2.05, 4.69) is 53.3 Å². The number of fused-ring (bicyclic) bond motifs is 1. The van der Waals surface area contributed by atoms with Gasteiger partial charge in [0.15, 0.2) is 0 Å². The van der Waals surface area contributed by atoms with Crippen LogP contribution in [0.25, 0.3) is 11.2 Å². The zero-order chi connectivity index (χ0) is 13.1. The van der Waals surface area contributed by atoms with Gasteiger partial charge in [-0.15, -0.1) is 0 Å². The van der Waals surface area contributed by atoms with Crippen LogP contribution in [0, 0.1) is 6.92 Å². The van der Waals surface area contributed by atoms with Crippen molar-refractivity contribution in [3.05, 3.63) is 48.3 Å². The second-order valence-corrected chi connectivity index (χ2v) is 4.53. The van der Waals surface area contributed by atoms with Gasteiger partial charge in [-0.3, -0.25) is 0 Å². The topological polar surface area (TPSA) is 16.9 Å². The summed E-state index contributed by atoms with van der Waals surface area (Å²) in [7, 11) is 3.76. The van der Waals surface area contributed by atoms with Crippen LogP contribution in [-0.2, 0) is 4.74 Å². The van der Waals surface area contributed by atoms with Crippen molar-refractivity contribution in [3.8, 4) is 0 Å². The summed E-state index contributed by atoms with van der Waals surface area (Å²) in [5, 5.41) is 0. The van der Waals surface area contributed by atoms with E-state index in [0.717, 1.165) is 17.9 Å². The van der Waals surface area contributed by atoms with Gasteiger partial charge < -0.3 is 14.0 Å². The molecule has 0 amide bonds. The number of pyridine rings is 1. The lowest BCUT2D eigenvalue weighted by Crippen LogP contribution is -2.22. The Labute approximate surface area is 108 Å².